The van der Waals surface area contributed by atoms with Gasteiger partial charge in [0.05, 0.1) is 19.3 Å². The van der Waals surface area contributed by atoms with E-state index in [1.165, 1.54) is 0 Å². The van der Waals surface area contributed by atoms with Crippen molar-refractivity contribution < 1.29 is 9.84 Å². The van der Waals surface area contributed by atoms with Gasteiger partial charge in [0.1, 0.15) is 0 Å². The molecule has 0 aliphatic carbocycles. The van der Waals surface area contributed by atoms with Gasteiger partial charge in [-0.2, -0.15) is 0 Å². The van der Waals surface area contributed by atoms with Crippen LogP contribution in [0, 0.1) is 0 Å². The number of nitrogens with two attached hydrogens (primary N) is 1. The number of halogens is 1. The van der Waals surface area contributed by atoms with Crippen LogP contribution in [0.25, 0.3) is 0 Å². The van der Waals surface area contributed by atoms with Gasteiger partial charge in [-0.05, 0) is 43.5 Å². The van der Waals surface area contributed by atoms with Gasteiger partial charge in [0.2, 0.25) is 0 Å². The first kappa shape index (κ1) is 16.7. The standard InChI is InChI=1S/C16H25ClN2O2/c17-14-3-1-13(2-4-14)16(18)7-10-19-8-5-15(6-9-19)21-12-11-20/h1-4,15-16,20H,5-12,18H2. The van der Waals surface area contributed by atoms with Crippen molar-refractivity contribution in [3.63, 3.8) is 0 Å². The summed E-state index contributed by atoms with van der Waals surface area (Å²) in [7, 11) is 0. The molecular weight excluding hydrogens is 288 g/mol. The Morgan fingerprint density at radius 3 is 2.57 bits per heavy atom. The van der Waals surface area contributed by atoms with Crippen LogP contribution >= 0.6 is 11.6 Å². The molecule has 1 unspecified atom stereocenters. The van der Waals surface area contributed by atoms with E-state index in [0.717, 1.165) is 49.5 Å². The van der Waals surface area contributed by atoms with Gasteiger partial charge in [-0.1, -0.05) is 23.7 Å². The molecular formula is C16H25ClN2O2. The summed E-state index contributed by atoms with van der Waals surface area (Å²) in [5.41, 5.74) is 7.37. The molecule has 0 saturated carbocycles. The molecule has 0 radical (unpaired) electrons. The van der Waals surface area contributed by atoms with Crippen molar-refractivity contribution in [2.24, 2.45) is 5.73 Å². The maximum atomic E-state index is 8.76. The summed E-state index contributed by atoms with van der Waals surface area (Å²) < 4.78 is 5.57. The summed E-state index contributed by atoms with van der Waals surface area (Å²) in [5.74, 6) is 0. The predicted octanol–water partition coefficient (Wildman–Crippen LogP) is 2.20. The van der Waals surface area contributed by atoms with Crippen molar-refractivity contribution in [1.82, 2.24) is 4.90 Å². The lowest BCUT2D eigenvalue weighted by Gasteiger charge is -2.32. The Hall–Kier alpha value is -0.650. The highest BCUT2D eigenvalue weighted by molar-refractivity contribution is 6.30. The molecule has 5 heteroatoms. The van der Waals surface area contributed by atoms with Gasteiger partial charge < -0.3 is 20.5 Å². The minimum atomic E-state index is 0.0608. The smallest absolute Gasteiger partial charge is 0.0701 e. The zero-order valence-electron chi connectivity index (χ0n) is 12.4. The second-order valence-corrected chi connectivity index (χ2v) is 6.02. The second-order valence-electron chi connectivity index (χ2n) is 5.58. The number of aliphatic hydroxyl groups is 1. The molecule has 0 aromatic heterocycles. The average molecular weight is 313 g/mol. The van der Waals surface area contributed by atoms with Gasteiger partial charge in [0.15, 0.2) is 0 Å². The third-order valence-corrected chi connectivity index (χ3v) is 4.29. The number of rotatable bonds is 7. The number of ether oxygens (including phenoxy) is 1. The summed E-state index contributed by atoms with van der Waals surface area (Å²) >= 11 is 5.89. The van der Waals surface area contributed by atoms with E-state index < -0.39 is 0 Å². The fourth-order valence-electron chi connectivity index (χ4n) is 2.72. The van der Waals surface area contributed by atoms with Crippen LogP contribution in [0.2, 0.25) is 5.02 Å². The monoisotopic (exact) mass is 312 g/mol. The Morgan fingerprint density at radius 2 is 1.95 bits per heavy atom. The molecule has 0 spiro atoms. The Morgan fingerprint density at radius 1 is 1.29 bits per heavy atom. The molecule has 4 nitrogen and oxygen atoms in total. The third kappa shape index (κ3) is 5.57. The quantitative estimate of drug-likeness (QED) is 0.810. The molecule has 1 fully saturated rings. The van der Waals surface area contributed by atoms with Gasteiger partial charge in [0, 0.05) is 24.2 Å². The highest BCUT2D eigenvalue weighted by atomic mass is 35.5. The summed E-state index contributed by atoms with van der Waals surface area (Å²) in [6.45, 7) is 3.66. The van der Waals surface area contributed by atoms with Crippen molar-refractivity contribution in [3.05, 3.63) is 34.9 Å². The van der Waals surface area contributed by atoms with E-state index in [0.29, 0.717) is 12.7 Å². The molecule has 1 aliphatic rings. The molecule has 1 aliphatic heterocycles. The number of hydrogen-bond donors (Lipinski definition) is 2. The fourth-order valence-corrected chi connectivity index (χ4v) is 2.84. The van der Waals surface area contributed by atoms with E-state index in [9.17, 15) is 0 Å². The Labute approximate surface area is 131 Å². The zero-order valence-corrected chi connectivity index (χ0v) is 13.1. The highest BCUT2D eigenvalue weighted by Crippen LogP contribution is 2.19. The minimum Gasteiger partial charge on any atom is -0.394 e. The fraction of sp³-hybridized carbons (Fsp3) is 0.625. The van der Waals surface area contributed by atoms with Gasteiger partial charge in [-0.3, -0.25) is 0 Å². The molecule has 1 aromatic rings. The number of piperidine rings is 1. The lowest BCUT2D eigenvalue weighted by atomic mass is 10.0. The van der Waals surface area contributed by atoms with Crippen LogP contribution in [-0.4, -0.2) is 49.0 Å². The van der Waals surface area contributed by atoms with E-state index in [1.807, 2.05) is 24.3 Å². The van der Waals surface area contributed by atoms with Crippen LogP contribution in [0.1, 0.15) is 30.9 Å². The molecule has 0 bridgehead atoms. The largest absolute Gasteiger partial charge is 0.394 e. The topological polar surface area (TPSA) is 58.7 Å². The van der Waals surface area contributed by atoms with Crippen molar-refractivity contribution in [2.75, 3.05) is 32.8 Å². The van der Waals surface area contributed by atoms with Crippen molar-refractivity contribution >= 4 is 11.6 Å². The number of hydrogen-bond acceptors (Lipinski definition) is 4. The predicted molar refractivity (Wildman–Crippen MR) is 85.5 cm³/mol. The van der Waals surface area contributed by atoms with Crippen LogP contribution in [-0.2, 0) is 4.74 Å². The van der Waals surface area contributed by atoms with E-state index in [4.69, 9.17) is 27.2 Å². The van der Waals surface area contributed by atoms with Crippen LogP contribution in [0.4, 0.5) is 0 Å². The lowest BCUT2D eigenvalue weighted by Crippen LogP contribution is -2.38. The second kappa shape index (κ2) is 8.71. The van der Waals surface area contributed by atoms with Crippen LogP contribution < -0.4 is 5.73 Å². The maximum absolute atomic E-state index is 8.76. The minimum absolute atomic E-state index is 0.0608. The van der Waals surface area contributed by atoms with Crippen LogP contribution in [0.3, 0.4) is 0 Å². The normalized spacial score (nSPS) is 18.8. The Kier molecular flexibility index (Phi) is 6.93. The molecule has 1 atom stereocenters. The van der Waals surface area contributed by atoms with Gasteiger partial charge in [-0.15, -0.1) is 0 Å². The number of benzene rings is 1. The molecule has 0 amide bonds. The number of likely N-dealkylation sites (tertiary alicyclic amines) is 1. The lowest BCUT2D eigenvalue weighted by molar-refractivity contribution is -0.00802. The molecule has 1 heterocycles. The van der Waals surface area contributed by atoms with Gasteiger partial charge in [-0.25, -0.2) is 0 Å². The van der Waals surface area contributed by atoms with E-state index in [-0.39, 0.29) is 12.6 Å². The van der Waals surface area contributed by atoms with E-state index in [2.05, 4.69) is 4.90 Å². The molecule has 1 aromatic carbocycles. The maximum Gasteiger partial charge on any atom is 0.0701 e. The van der Waals surface area contributed by atoms with Gasteiger partial charge in [0.25, 0.3) is 0 Å². The van der Waals surface area contributed by atoms with E-state index >= 15 is 0 Å². The van der Waals surface area contributed by atoms with Gasteiger partial charge >= 0.3 is 0 Å². The highest BCUT2D eigenvalue weighted by Gasteiger charge is 2.19. The number of aliphatic hydroxyl groups excluding tert-OH is 1. The van der Waals surface area contributed by atoms with Crippen LogP contribution in [0.5, 0.6) is 0 Å². The van der Waals surface area contributed by atoms with Crippen molar-refractivity contribution in [3.8, 4) is 0 Å². The Bertz CT molecular complexity index is 405. The zero-order chi connectivity index (χ0) is 15.1. The molecule has 2 rings (SSSR count). The number of nitrogens with zero attached hydrogens (tertiary/aromatic N) is 1. The summed E-state index contributed by atoms with van der Waals surface area (Å²) in [5, 5.41) is 9.51. The molecule has 3 N–H and O–H groups in total. The van der Waals surface area contributed by atoms with Crippen LogP contribution in [0.15, 0.2) is 24.3 Å². The third-order valence-electron chi connectivity index (χ3n) is 4.03. The molecule has 1 saturated heterocycles. The Balaban J connectivity index is 1.68. The van der Waals surface area contributed by atoms with Crippen molar-refractivity contribution in [2.45, 2.75) is 31.4 Å². The summed E-state index contributed by atoms with van der Waals surface area (Å²) in [6.07, 6.45) is 3.33. The molecule has 21 heavy (non-hydrogen) atoms. The van der Waals surface area contributed by atoms with E-state index in [1.54, 1.807) is 0 Å². The SMILES string of the molecule is NC(CCN1CCC(OCCO)CC1)c1ccc(Cl)cc1. The first-order valence-electron chi connectivity index (χ1n) is 7.65. The first-order valence-corrected chi connectivity index (χ1v) is 8.02. The first-order chi connectivity index (χ1) is 10.2. The molecule has 118 valence electrons. The van der Waals surface area contributed by atoms with Crippen molar-refractivity contribution in [1.29, 1.82) is 0 Å². The summed E-state index contributed by atoms with van der Waals surface area (Å²) in [4.78, 5) is 2.44. The average Bonchev–Trinajstić information content (AvgIpc) is 2.52. The summed E-state index contributed by atoms with van der Waals surface area (Å²) in [6, 6.07) is 7.84.